The van der Waals surface area contributed by atoms with E-state index in [1.165, 1.54) is 0 Å². The summed E-state index contributed by atoms with van der Waals surface area (Å²) in [6.07, 6.45) is 1.13. The second kappa shape index (κ2) is 7.06. The van der Waals surface area contributed by atoms with Gasteiger partial charge in [-0.2, -0.15) is 0 Å². The van der Waals surface area contributed by atoms with Crippen molar-refractivity contribution in [3.8, 4) is 0 Å². The van der Waals surface area contributed by atoms with E-state index >= 15 is 0 Å². The molecule has 0 saturated heterocycles. The standard InChI is InChI=1S/C9H16O4.Mg/c1-3-5-9(6-4-2,7(10)11)8(12)13;/h3-6H2,1-2H3,(H,10,11)(H,12,13);/q;+2/p-2. The topological polar surface area (TPSA) is 80.3 Å². The van der Waals surface area contributed by atoms with Crippen LogP contribution in [-0.2, 0) is 9.59 Å². The first-order valence-corrected chi connectivity index (χ1v) is 4.44. The van der Waals surface area contributed by atoms with Gasteiger partial charge in [0, 0.05) is 5.41 Å². The Morgan fingerprint density at radius 1 is 1.00 bits per heavy atom. The molecule has 0 heterocycles. The first-order chi connectivity index (χ1) is 6.01. The van der Waals surface area contributed by atoms with Crippen LogP contribution in [-0.4, -0.2) is 35.0 Å². The predicted octanol–water partition coefficient (Wildman–Crippen LogP) is -1.31. The molecule has 0 aliphatic heterocycles. The van der Waals surface area contributed by atoms with Crippen molar-refractivity contribution in [2.75, 3.05) is 0 Å². The smallest absolute Gasteiger partial charge is 0.549 e. The van der Waals surface area contributed by atoms with Crippen molar-refractivity contribution in [2.45, 2.75) is 39.5 Å². The van der Waals surface area contributed by atoms with Gasteiger partial charge in [0.05, 0.1) is 11.9 Å². The van der Waals surface area contributed by atoms with Crippen molar-refractivity contribution in [2.24, 2.45) is 5.41 Å². The van der Waals surface area contributed by atoms with E-state index in [-0.39, 0.29) is 35.9 Å². The number of hydrogen-bond donors (Lipinski definition) is 0. The molecule has 0 unspecified atom stereocenters. The molecule has 0 aliphatic rings. The van der Waals surface area contributed by atoms with Crippen LogP contribution in [0.4, 0.5) is 0 Å². The number of carbonyl (C=O) groups excluding carboxylic acids is 2. The number of carboxylic acids is 2. The van der Waals surface area contributed by atoms with E-state index in [0.29, 0.717) is 12.8 Å². The Kier molecular flexibility index (Phi) is 8.14. The van der Waals surface area contributed by atoms with Gasteiger partial charge in [-0.3, -0.25) is 0 Å². The van der Waals surface area contributed by atoms with E-state index in [1.54, 1.807) is 13.8 Å². The van der Waals surface area contributed by atoms with Crippen molar-refractivity contribution in [1.29, 1.82) is 0 Å². The van der Waals surface area contributed by atoms with Crippen LogP contribution >= 0.6 is 0 Å². The van der Waals surface area contributed by atoms with E-state index in [0.717, 1.165) is 0 Å². The molecule has 0 saturated carbocycles. The maximum Gasteiger partial charge on any atom is 2.00 e. The summed E-state index contributed by atoms with van der Waals surface area (Å²) >= 11 is 0. The third kappa shape index (κ3) is 3.46. The molecule has 0 aromatic carbocycles. The van der Waals surface area contributed by atoms with Gasteiger partial charge < -0.3 is 19.8 Å². The Bertz CT molecular complexity index is 181. The van der Waals surface area contributed by atoms with Gasteiger partial charge in [0.25, 0.3) is 0 Å². The molecule has 0 bridgehead atoms. The van der Waals surface area contributed by atoms with Crippen LogP contribution in [0.2, 0.25) is 0 Å². The molecule has 0 aromatic rings. The van der Waals surface area contributed by atoms with Crippen molar-refractivity contribution in [3.63, 3.8) is 0 Å². The molecule has 0 aromatic heterocycles. The fourth-order valence-corrected chi connectivity index (χ4v) is 1.47. The average Bonchev–Trinajstić information content (AvgIpc) is 2.03. The van der Waals surface area contributed by atoms with Crippen LogP contribution in [0.25, 0.3) is 0 Å². The molecular weight excluding hydrogens is 196 g/mol. The van der Waals surface area contributed by atoms with Crippen molar-refractivity contribution in [1.82, 2.24) is 0 Å². The Morgan fingerprint density at radius 3 is 1.43 bits per heavy atom. The summed E-state index contributed by atoms with van der Waals surface area (Å²) in [7, 11) is 0. The van der Waals surface area contributed by atoms with E-state index in [2.05, 4.69) is 0 Å². The number of aliphatic carboxylic acids is 2. The third-order valence-electron chi connectivity index (χ3n) is 2.14. The zero-order valence-electron chi connectivity index (χ0n) is 8.67. The number of hydrogen-bond acceptors (Lipinski definition) is 4. The van der Waals surface area contributed by atoms with Gasteiger partial charge in [-0.15, -0.1) is 0 Å². The van der Waals surface area contributed by atoms with Gasteiger partial charge >= 0.3 is 23.1 Å². The molecular formula is C9H14MgO4. The van der Waals surface area contributed by atoms with Crippen LogP contribution in [0.1, 0.15) is 39.5 Å². The SMILES string of the molecule is CCCC(CCC)(C(=O)[O-])C(=O)[O-].[Mg+2]. The molecule has 14 heavy (non-hydrogen) atoms. The first-order valence-electron chi connectivity index (χ1n) is 4.44. The van der Waals surface area contributed by atoms with E-state index in [1.807, 2.05) is 0 Å². The minimum absolute atomic E-state index is 0. The fourth-order valence-electron chi connectivity index (χ4n) is 1.47. The van der Waals surface area contributed by atoms with Gasteiger partial charge in [0.15, 0.2) is 0 Å². The molecule has 0 atom stereocenters. The Hall–Kier alpha value is -0.294. The predicted molar refractivity (Wildman–Crippen MR) is 48.0 cm³/mol. The molecule has 76 valence electrons. The number of carbonyl (C=O) groups is 2. The zero-order valence-corrected chi connectivity index (χ0v) is 10.1. The second-order valence-electron chi connectivity index (χ2n) is 3.16. The molecule has 4 nitrogen and oxygen atoms in total. The summed E-state index contributed by atoms with van der Waals surface area (Å²) in [4.78, 5) is 21.4. The van der Waals surface area contributed by atoms with Gasteiger partial charge in [-0.25, -0.2) is 0 Å². The van der Waals surface area contributed by atoms with Crippen LogP contribution in [0.15, 0.2) is 0 Å². The van der Waals surface area contributed by atoms with Crippen molar-refractivity contribution in [3.05, 3.63) is 0 Å². The minimum Gasteiger partial charge on any atom is -0.549 e. The Morgan fingerprint density at radius 2 is 1.29 bits per heavy atom. The minimum atomic E-state index is -1.79. The quantitative estimate of drug-likeness (QED) is 0.403. The van der Waals surface area contributed by atoms with Crippen LogP contribution in [0.3, 0.4) is 0 Å². The summed E-state index contributed by atoms with van der Waals surface area (Å²) in [5.41, 5.74) is -1.79. The third-order valence-corrected chi connectivity index (χ3v) is 2.14. The van der Waals surface area contributed by atoms with Gasteiger partial charge in [0.1, 0.15) is 0 Å². The first kappa shape index (κ1) is 16.1. The summed E-state index contributed by atoms with van der Waals surface area (Å²) in [5.74, 6) is -3.06. The van der Waals surface area contributed by atoms with E-state index < -0.39 is 17.4 Å². The second-order valence-corrected chi connectivity index (χ2v) is 3.16. The van der Waals surface area contributed by atoms with Gasteiger partial charge in [-0.05, 0) is 12.8 Å². The van der Waals surface area contributed by atoms with Crippen LogP contribution < -0.4 is 10.2 Å². The molecule has 0 amide bonds. The summed E-state index contributed by atoms with van der Waals surface area (Å²) in [6.45, 7) is 3.46. The number of carboxylic acid groups (broad SMARTS) is 2. The van der Waals surface area contributed by atoms with Crippen LogP contribution in [0, 0.1) is 5.41 Å². The molecule has 0 N–H and O–H groups in total. The van der Waals surface area contributed by atoms with Crippen LogP contribution in [0.5, 0.6) is 0 Å². The number of rotatable bonds is 6. The molecule has 0 fully saturated rings. The summed E-state index contributed by atoms with van der Waals surface area (Å²) in [6, 6.07) is 0. The molecule has 0 radical (unpaired) electrons. The zero-order chi connectivity index (χ0) is 10.5. The normalized spacial score (nSPS) is 10.4. The van der Waals surface area contributed by atoms with E-state index in [4.69, 9.17) is 0 Å². The maximum absolute atomic E-state index is 10.7. The van der Waals surface area contributed by atoms with Gasteiger partial charge in [-0.1, -0.05) is 26.7 Å². The fraction of sp³-hybridized carbons (Fsp3) is 0.778. The van der Waals surface area contributed by atoms with Crippen molar-refractivity contribution >= 4 is 35.0 Å². The largest absolute Gasteiger partial charge is 2.00 e. The Balaban J connectivity index is 0. The average molecular weight is 211 g/mol. The maximum atomic E-state index is 10.7. The van der Waals surface area contributed by atoms with Gasteiger partial charge in [0.2, 0.25) is 0 Å². The molecule has 0 spiro atoms. The monoisotopic (exact) mass is 210 g/mol. The molecule has 5 heteroatoms. The Labute approximate surface area is 99.8 Å². The molecule has 0 aliphatic carbocycles. The van der Waals surface area contributed by atoms with E-state index in [9.17, 15) is 19.8 Å². The summed E-state index contributed by atoms with van der Waals surface area (Å²) < 4.78 is 0. The molecule has 0 rings (SSSR count). The van der Waals surface area contributed by atoms with Crippen molar-refractivity contribution < 1.29 is 19.8 Å². The summed E-state index contributed by atoms with van der Waals surface area (Å²) in [5, 5.41) is 21.4.